The molecule has 2 rings (SSSR count). The number of rotatable bonds is 3. The molecule has 0 saturated carbocycles. The van der Waals surface area contributed by atoms with E-state index in [0.717, 1.165) is 24.3 Å². The molecule has 3 heteroatoms. The number of nitrogens with zero attached hydrogens (tertiary/aromatic N) is 1. The molecular weight excluding hydrogens is 188 g/mol. The molecule has 0 atom stereocenters. The van der Waals surface area contributed by atoms with Gasteiger partial charge in [0.15, 0.2) is 0 Å². The zero-order valence-electron chi connectivity index (χ0n) is 9.21. The molecule has 1 N–H and O–H groups in total. The van der Waals surface area contributed by atoms with Crippen LogP contribution in [0.25, 0.3) is 0 Å². The number of hydrogen-bond donors (Lipinski definition) is 1. The minimum atomic E-state index is 0.214. The second-order valence-electron chi connectivity index (χ2n) is 3.96. The average molecular weight is 204 g/mol. The van der Waals surface area contributed by atoms with E-state index in [0.29, 0.717) is 6.42 Å². The van der Waals surface area contributed by atoms with Crippen LogP contribution in [0.5, 0.6) is 0 Å². The summed E-state index contributed by atoms with van der Waals surface area (Å²) >= 11 is 0. The van der Waals surface area contributed by atoms with Gasteiger partial charge >= 0.3 is 0 Å². The van der Waals surface area contributed by atoms with Crippen LogP contribution in [0.3, 0.4) is 0 Å². The highest BCUT2D eigenvalue weighted by Crippen LogP contribution is 2.29. The third-order valence-corrected chi connectivity index (χ3v) is 2.76. The van der Waals surface area contributed by atoms with E-state index in [1.54, 1.807) is 0 Å². The lowest BCUT2D eigenvalue weighted by atomic mass is 10.1. The summed E-state index contributed by atoms with van der Waals surface area (Å²) in [5.74, 6) is 0.214. The van der Waals surface area contributed by atoms with Crippen LogP contribution in [-0.2, 0) is 11.2 Å². The summed E-state index contributed by atoms with van der Waals surface area (Å²) in [6.45, 7) is 3.64. The monoisotopic (exact) mass is 204 g/mol. The topological polar surface area (TPSA) is 32.3 Å². The summed E-state index contributed by atoms with van der Waals surface area (Å²) in [5.41, 5.74) is 3.45. The van der Waals surface area contributed by atoms with Crippen LogP contribution in [0.2, 0.25) is 0 Å². The van der Waals surface area contributed by atoms with Gasteiger partial charge in [0, 0.05) is 18.8 Å². The summed E-state index contributed by atoms with van der Waals surface area (Å²) in [4.78, 5) is 13.6. The number of hydrogen-bond acceptors (Lipinski definition) is 2. The predicted molar refractivity (Wildman–Crippen MR) is 61.2 cm³/mol. The molecule has 1 aliphatic rings. The third-order valence-electron chi connectivity index (χ3n) is 2.76. The maximum Gasteiger partial charge on any atom is 0.231 e. The van der Waals surface area contributed by atoms with E-state index in [1.165, 1.54) is 5.56 Å². The summed E-state index contributed by atoms with van der Waals surface area (Å²) in [6, 6.07) is 6.21. The van der Waals surface area contributed by atoms with Gasteiger partial charge in [-0.25, -0.2) is 0 Å². The quantitative estimate of drug-likeness (QED) is 0.799. The molecule has 0 fully saturated rings. The van der Waals surface area contributed by atoms with Gasteiger partial charge in [0.05, 0.1) is 6.42 Å². The van der Waals surface area contributed by atoms with E-state index >= 15 is 0 Å². The van der Waals surface area contributed by atoms with Crippen LogP contribution >= 0.6 is 0 Å². The van der Waals surface area contributed by atoms with Crippen molar-refractivity contribution < 1.29 is 4.79 Å². The molecule has 1 heterocycles. The van der Waals surface area contributed by atoms with Gasteiger partial charge in [0.1, 0.15) is 0 Å². The van der Waals surface area contributed by atoms with Crippen molar-refractivity contribution in [1.29, 1.82) is 0 Å². The van der Waals surface area contributed by atoms with Crippen LogP contribution in [0.15, 0.2) is 18.2 Å². The van der Waals surface area contributed by atoms with Gasteiger partial charge in [-0.2, -0.15) is 0 Å². The molecule has 1 amide bonds. The number of carbonyl (C=O) groups is 1. The summed E-state index contributed by atoms with van der Waals surface area (Å²) in [6.07, 6.45) is 0.555. The van der Waals surface area contributed by atoms with Gasteiger partial charge in [-0.3, -0.25) is 4.79 Å². The van der Waals surface area contributed by atoms with Gasteiger partial charge in [0.25, 0.3) is 0 Å². The second kappa shape index (κ2) is 4.03. The van der Waals surface area contributed by atoms with Crippen LogP contribution < -0.4 is 10.2 Å². The Hall–Kier alpha value is -1.35. The molecule has 0 spiro atoms. The van der Waals surface area contributed by atoms with Gasteiger partial charge in [-0.05, 0) is 31.2 Å². The summed E-state index contributed by atoms with van der Waals surface area (Å²) < 4.78 is 0. The Balaban J connectivity index is 2.27. The number of benzene rings is 1. The first-order chi connectivity index (χ1) is 7.22. The van der Waals surface area contributed by atoms with Gasteiger partial charge in [-0.15, -0.1) is 0 Å². The highest BCUT2D eigenvalue weighted by atomic mass is 16.2. The smallest absolute Gasteiger partial charge is 0.231 e. The fourth-order valence-electron chi connectivity index (χ4n) is 1.94. The van der Waals surface area contributed by atoms with Crippen molar-refractivity contribution in [2.24, 2.45) is 0 Å². The molecule has 80 valence electrons. The van der Waals surface area contributed by atoms with E-state index in [9.17, 15) is 4.79 Å². The Bertz CT molecular complexity index is 387. The molecular formula is C12H16N2O. The number of likely N-dealkylation sites (N-methyl/N-ethyl adjacent to an activating group) is 1. The Labute approximate surface area is 90.1 Å². The van der Waals surface area contributed by atoms with Crippen LogP contribution in [0, 0.1) is 6.92 Å². The first-order valence-corrected chi connectivity index (χ1v) is 5.27. The zero-order chi connectivity index (χ0) is 10.8. The van der Waals surface area contributed by atoms with Gasteiger partial charge in [0.2, 0.25) is 5.91 Å². The maximum atomic E-state index is 11.7. The average Bonchev–Trinajstić information content (AvgIpc) is 2.51. The number of fused-ring (bicyclic) bond motifs is 1. The molecule has 3 nitrogen and oxygen atoms in total. The minimum Gasteiger partial charge on any atom is -0.318 e. The number of nitrogens with one attached hydrogen (secondary N) is 1. The lowest BCUT2D eigenvalue weighted by Crippen LogP contribution is -2.33. The first kappa shape index (κ1) is 10.2. The third kappa shape index (κ3) is 1.88. The van der Waals surface area contributed by atoms with Gasteiger partial charge < -0.3 is 10.2 Å². The van der Waals surface area contributed by atoms with Gasteiger partial charge in [-0.1, -0.05) is 12.1 Å². The molecule has 15 heavy (non-hydrogen) atoms. The minimum absolute atomic E-state index is 0.214. The van der Waals surface area contributed by atoms with Crippen LogP contribution in [0.4, 0.5) is 5.69 Å². The van der Waals surface area contributed by atoms with E-state index in [-0.39, 0.29) is 5.91 Å². The van der Waals surface area contributed by atoms with Crippen molar-refractivity contribution in [1.82, 2.24) is 5.32 Å². The van der Waals surface area contributed by atoms with Crippen molar-refractivity contribution in [2.45, 2.75) is 13.3 Å². The Morgan fingerprint density at radius 2 is 2.27 bits per heavy atom. The van der Waals surface area contributed by atoms with Crippen LogP contribution in [0.1, 0.15) is 11.1 Å². The van der Waals surface area contributed by atoms with E-state index in [1.807, 2.05) is 11.9 Å². The molecule has 0 saturated heterocycles. The first-order valence-electron chi connectivity index (χ1n) is 5.27. The summed E-state index contributed by atoms with van der Waals surface area (Å²) in [5, 5.41) is 3.07. The molecule has 1 aromatic carbocycles. The van der Waals surface area contributed by atoms with E-state index < -0.39 is 0 Å². The normalized spacial score (nSPS) is 14.5. The predicted octanol–water partition coefficient (Wildman–Crippen LogP) is 1.10. The highest BCUT2D eigenvalue weighted by Gasteiger charge is 2.26. The number of anilines is 1. The zero-order valence-corrected chi connectivity index (χ0v) is 9.21. The van der Waals surface area contributed by atoms with Crippen LogP contribution in [-0.4, -0.2) is 26.0 Å². The highest BCUT2D eigenvalue weighted by molar-refractivity contribution is 6.01. The molecule has 1 aromatic rings. The second-order valence-corrected chi connectivity index (χ2v) is 3.96. The Kier molecular flexibility index (Phi) is 2.73. The molecule has 0 radical (unpaired) electrons. The largest absolute Gasteiger partial charge is 0.318 e. The fraction of sp³-hybridized carbons (Fsp3) is 0.417. The summed E-state index contributed by atoms with van der Waals surface area (Å²) in [7, 11) is 1.90. The molecule has 0 bridgehead atoms. The number of carbonyl (C=O) groups excluding carboxylic acids is 1. The molecule has 1 aliphatic heterocycles. The maximum absolute atomic E-state index is 11.7. The molecule has 0 aliphatic carbocycles. The lowest BCUT2D eigenvalue weighted by molar-refractivity contribution is -0.117. The number of aryl methyl sites for hydroxylation is 1. The SMILES string of the molecule is CNCCN1C(=O)Cc2ccc(C)cc21. The molecule has 0 aromatic heterocycles. The van der Waals surface area contributed by atoms with Crippen molar-refractivity contribution in [2.75, 3.05) is 25.0 Å². The van der Waals surface area contributed by atoms with Crippen molar-refractivity contribution in [3.05, 3.63) is 29.3 Å². The Morgan fingerprint density at radius 3 is 3.00 bits per heavy atom. The molecule has 0 unspecified atom stereocenters. The Morgan fingerprint density at radius 1 is 1.47 bits per heavy atom. The lowest BCUT2D eigenvalue weighted by Gasteiger charge is -2.17. The van der Waals surface area contributed by atoms with Crippen molar-refractivity contribution >= 4 is 11.6 Å². The van der Waals surface area contributed by atoms with Crippen molar-refractivity contribution in [3.63, 3.8) is 0 Å². The standard InChI is InChI=1S/C12H16N2O/c1-9-3-4-10-8-12(15)14(6-5-13-2)11(10)7-9/h3-4,7,13H,5-6,8H2,1-2H3. The number of amides is 1. The van der Waals surface area contributed by atoms with Crippen molar-refractivity contribution in [3.8, 4) is 0 Å². The van der Waals surface area contributed by atoms with E-state index in [4.69, 9.17) is 0 Å². The van der Waals surface area contributed by atoms with E-state index in [2.05, 4.69) is 30.4 Å². The fourth-order valence-corrected chi connectivity index (χ4v) is 1.94.